The lowest BCUT2D eigenvalue weighted by atomic mass is 10.1. The van der Waals surface area contributed by atoms with Crippen molar-refractivity contribution in [1.82, 2.24) is 4.90 Å². The van der Waals surface area contributed by atoms with Crippen LogP contribution < -0.4 is 9.47 Å². The maximum Gasteiger partial charge on any atom is 0.246 e. The van der Waals surface area contributed by atoms with Gasteiger partial charge in [0.2, 0.25) is 12.7 Å². The van der Waals surface area contributed by atoms with Gasteiger partial charge in [-0.15, -0.1) is 0 Å². The van der Waals surface area contributed by atoms with Gasteiger partial charge < -0.3 is 14.4 Å². The Bertz CT molecular complexity index is 773. The Kier molecular flexibility index (Phi) is 4.79. The van der Waals surface area contributed by atoms with Crippen molar-refractivity contribution in [3.63, 3.8) is 0 Å². The fourth-order valence-corrected chi connectivity index (χ4v) is 2.48. The minimum Gasteiger partial charge on any atom is -0.454 e. The van der Waals surface area contributed by atoms with Crippen molar-refractivity contribution in [3.8, 4) is 11.5 Å². The molecule has 0 radical (unpaired) electrons. The molecule has 1 aliphatic rings. The molecule has 0 atom stereocenters. The first kappa shape index (κ1) is 16.1. The summed E-state index contributed by atoms with van der Waals surface area (Å²) in [7, 11) is 0. The number of benzene rings is 2. The highest BCUT2D eigenvalue weighted by molar-refractivity contribution is 5.91. The van der Waals surface area contributed by atoms with Crippen molar-refractivity contribution >= 4 is 12.0 Å². The molecule has 0 saturated carbocycles. The number of likely N-dealkylation sites (N-methyl/N-ethyl adjacent to an activating group) is 1. The highest BCUT2D eigenvalue weighted by Crippen LogP contribution is 2.32. The van der Waals surface area contributed by atoms with Crippen molar-refractivity contribution in [2.24, 2.45) is 0 Å². The summed E-state index contributed by atoms with van der Waals surface area (Å²) < 4.78 is 24.2. The Hall–Kier alpha value is -2.82. The molecule has 0 bridgehead atoms. The molecule has 1 heterocycles. The summed E-state index contributed by atoms with van der Waals surface area (Å²) in [4.78, 5) is 14.0. The van der Waals surface area contributed by atoms with Gasteiger partial charge in [-0.25, -0.2) is 4.39 Å². The molecule has 1 aliphatic heterocycles. The molecule has 1 amide bonds. The monoisotopic (exact) mass is 327 g/mol. The van der Waals surface area contributed by atoms with E-state index in [0.29, 0.717) is 30.2 Å². The molecular weight excluding hydrogens is 309 g/mol. The Morgan fingerprint density at radius 2 is 2.00 bits per heavy atom. The zero-order valence-electron chi connectivity index (χ0n) is 13.4. The van der Waals surface area contributed by atoms with Crippen LogP contribution in [0.25, 0.3) is 6.08 Å². The van der Waals surface area contributed by atoms with E-state index < -0.39 is 0 Å². The number of ether oxygens (including phenoxy) is 2. The first-order valence-electron chi connectivity index (χ1n) is 7.77. The van der Waals surface area contributed by atoms with E-state index >= 15 is 0 Å². The van der Waals surface area contributed by atoms with E-state index in [4.69, 9.17) is 9.47 Å². The Balaban J connectivity index is 1.69. The van der Waals surface area contributed by atoms with E-state index in [0.717, 1.165) is 5.56 Å². The van der Waals surface area contributed by atoms with Crippen LogP contribution in [0.3, 0.4) is 0 Å². The molecule has 0 unspecified atom stereocenters. The molecule has 0 saturated heterocycles. The van der Waals surface area contributed by atoms with E-state index in [1.165, 1.54) is 18.2 Å². The van der Waals surface area contributed by atoms with Crippen molar-refractivity contribution < 1.29 is 18.7 Å². The molecule has 3 rings (SSSR count). The van der Waals surface area contributed by atoms with Crippen LogP contribution in [-0.2, 0) is 11.3 Å². The Morgan fingerprint density at radius 1 is 1.21 bits per heavy atom. The van der Waals surface area contributed by atoms with Crippen LogP contribution in [0, 0.1) is 5.82 Å². The van der Waals surface area contributed by atoms with Crippen molar-refractivity contribution in [2.75, 3.05) is 13.3 Å². The summed E-state index contributed by atoms with van der Waals surface area (Å²) in [6.07, 6.45) is 2.90. The molecule has 5 heteroatoms. The zero-order chi connectivity index (χ0) is 16.9. The predicted molar refractivity (Wildman–Crippen MR) is 89.1 cm³/mol. The molecule has 2 aromatic rings. The van der Waals surface area contributed by atoms with Crippen LogP contribution in [0.1, 0.15) is 18.1 Å². The van der Waals surface area contributed by atoms with E-state index in [2.05, 4.69) is 0 Å². The molecule has 0 aromatic heterocycles. The second kappa shape index (κ2) is 7.17. The standard InChI is InChI=1S/C19H18FNO3/c1-2-21(12-14-7-9-17-18(11-14)24-13-23-17)19(22)10-8-15-5-3-4-6-16(15)20/h3-11H,2,12-13H2,1H3/b10-8+. The van der Waals surface area contributed by atoms with Crippen LogP contribution in [0.5, 0.6) is 11.5 Å². The molecule has 0 fully saturated rings. The Morgan fingerprint density at radius 3 is 2.79 bits per heavy atom. The van der Waals surface area contributed by atoms with Gasteiger partial charge in [-0.05, 0) is 36.8 Å². The maximum absolute atomic E-state index is 13.6. The van der Waals surface area contributed by atoms with Crippen LogP contribution in [0.2, 0.25) is 0 Å². The fraction of sp³-hybridized carbons (Fsp3) is 0.211. The Labute approximate surface area is 140 Å². The van der Waals surface area contributed by atoms with Crippen molar-refractivity contribution in [3.05, 3.63) is 65.5 Å². The minimum atomic E-state index is -0.347. The lowest BCUT2D eigenvalue weighted by molar-refractivity contribution is -0.126. The number of amides is 1. The minimum absolute atomic E-state index is 0.168. The van der Waals surface area contributed by atoms with Crippen LogP contribution >= 0.6 is 0 Å². The second-order valence-electron chi connectivity index (χ2n) is 5.39. The van der Waals surface area contributed by atoms with Gasteiger partial charge >= 0.3 is 0 Å². The summed E-state index contributed by atoms with van der Waals surface area (Å²) in [6, 6.07) is 12.0. The van der Waals surface area contributed by atoms with Crippen LogP contribution in [0.4, 0.5) is 4.39 Å². The highest BCUT2D eigenvalue weighted by Gasteiger charge is 2.15. The van der Waals surface area contributed by atoms with E-state index in [1.807, 2.05) is 25.1 Å². The normalized spacial score (nSPS) is 12.6. The number of halogens is 1. The van der Waals surface area contributed by atoms with Crippen LogP contribution in [-0.4, -0.2) is 24.1 Å². The second-order valence-corrected chi connectivity index (χ2v) is 5.39. The molecule has 0 N–H and O–H groups in total. The first-order valence-corrected chi connectivity index (χ1v) is 7.77. The predicted octanol–water partition coefficient (Wildman–Crippen LogP) is 3.62. The number of nitrogens with zero attached hydrogens (tertiary/aromatic N) is 1. The fourth-order valence-electron chi connectivity index (χ4n) is 2.48. The highest BCUT2D eigenvalue weighted by atomic mass is 19.1. The average molecular weight is 327 g/mol. The van der Waals surface area contributed by atoms with Gasteiger partial charge in [0, 0.05) is 24.7 Å². The number of carbonyl (C=O) groups excluding carboxylic acids is 1. The van der Waals surface area contributed by atoms with Gasteiger partial charge in [-0.2, -0.15) is 0 Å². The molecule has 124 valence electrons. The molecule has 24 heavy (non-hydrogen) atoms. The third-order valence-electron chi connectivity index (χ3n) is 3.81. The lowest BCUT2D eigenvalue weighted by Gasteiger charge is -2.19. The van der Waals surface area contributed by atoms with Crippen molar-refractivity contribution in [1.29, 1.82) is 0 Å². The molecular formula is C19H18FNO3. The zero-order valence-corrected chi connectivity index (χ0v) is 13.4. The van der Waals surface area contributed by atoms with Gasteiger partial charge in [0.05, 0.1) is 0 Å². The number of carbonyl (C=O) groups is 1. The number of fused-ring (bicyclic) bond motifs is 1. The lowest BCUT2D eigenvalue weighted by Crippen LogP contribution is -2.28. The third kappa shape index (κ3) is 3.56. The SMILES string of the molecule is CCN(Cc1ccc2c(c1)OCO2)C(=O)/C=C/c1ccccc1F. The van der Waals surface area contributed by atoms with E-state index in [-0.39, 0.29) is 18.5 Å². The van der Waals surface area contributed by atoms with Gasteiger partial charge in [-0.3, -0.25) is 4.79 Å². The molecule has 0 aliphatic carbocycles. The third-order valence-corrected chi connectivity index (χ3v) is 3.81. The first-order chi connectivity index (χ1) is 11.7. The average Bonchev–Trinajstić information content (AvgIpc) is 3.06. The molecule has 4 nitrogen and oxygen atoms in total. The van der Waals surface area contributed by atoms with E-state index in [9.17, 15) is 9.18 Å². The van der Waals surface area contributed by atoms with Gasteiger partial charge in [0.1, 0.15) is 5.82 Å². The maximum atomic E-state index is 13.6. The quantitative estimate of drug-likeness (QED) is 0.788. The van der Waals surface area contributed by atoms with Gasteiger partial charge in [-0.1, -0.05) is 24.3 Å². The summed E-state index contributed by atoms with van der Waals surface area (Å²) >= 11 is 0. The van der Waals surface area contributed by atoms with Gasteiger partial charge in [0.25, 0.3) is 0 Å². The van der Waals surface area contributed by atoms with Gasteiger partial charge in [0.15, 0.2) is 11.5 Å². The number of rotatable bonds is 5. The van der Waals surface area contributed by atoms with Crippen LogP contribution in [0.15, 0.2) is 48.5 Å². The molecule has 0 spiro atoms. The summed E-state index contributed by atoms with van der Waals surface area (Å²) in [6.45, 7) is 3.13. The largest absolute Gasteiger partial charge is 0.454 e. The summed E-state index contributed by atoms with van der Waals surface area (Å²) in [5, 5.41) is 0. The van der Waals surface area contributed by atoms with E-state index in [1.54, 1.807) is 23.1 Å². The smallest absolute Gasteiger partial charge is 0.246 e. The molecule has 2 aromatic carbocycles. The summed E-state index contributed by atoms with van der Waals surface area (Å²) in [5.41, 5.74) is 1.35. The van der Waals surface area contributed by atoms with Crippen molar-refractivity contribution in [2.45, 2.75) is 13.5 Å². The topological polar surface area (TPSA) is 38.8 Å². The number of hydrogen-bond donors (Lipinski definition) is 0. The summed E-state index contributed by atoms with van der Waals surface area (Å²) in [5.74, 6) is 0.893. The number of hydrogen-bond acceptors (Lipinski definition) is 3.